The Morgan fingerprint density at radius 2 is 1.74 bits per heavy atom. The Balaban J connectivity index is 1.25. The second kappa shape index (κ2) is 14.6. The van der Waals surface area contributed by atoms with E-state index in [0.717, 1.165) is 11.4 Å². The average molecular weight is 556 g/mol. The molecule has 0 aliphatic carbocycles. The van der Waals surface area contributed by atoms with Gasteiger partial charge in [-0.15, -0.1) is 10.2 Å². The van der Waals surface area contributed by atoms with Crippen molar-refractivity contribution in [2.24, 2.45) is 7.05 Å². The molecule has 13 heteroatoms. The highest BCUT2D eigenvalue weighted by molar-refractivity contribution is 6.29. The minimum Gasteiger partial charge on any atom is -0.475 e. The lowest BCUT2D eigenvalue weighted by atomic mass is 9.76. The van der Waals surface area contributed by atoms with Crippen molar-refractivity contribution in [3.05, 3.63) is 35.0 Å². The maximum Gasteiger partial charge on any atom is 0.407 e. The lowest BCUT2D eigenvalue weighted by Gasteiger charge is -2.41. The van der Waals surface area contributed by atoms with Crippen LogP contribution in [0.25, 0.3) is 0 Å². The molecule has 0 saturated carbocycles. The molecule has 1 saturated heterocycles. The second-order valence-corrected chi connectivity index (χ2v) is 10.3. The first-order valence-electron chi connectivity index (χ1n) is 12.6. The Morgan fingerprint density at radius 1 is 1.08 bits per heavy atom. The minimum atomic E-state index is -0.518. The lowest BCUT2D eigenvalue weighted by Crippen LogP contribution is -2.49. The van der Waals surface area contributed by atoms with Gasteiger partial charge in [-0.1, -0.05) is 11.6 Å². The number of ether oxygens (including phenoxy) is 6. The van der Waals surface area contributed by atoms with Crippen LogP contribution in [0.2, 0.25) is 5.15 Å². The number of hydrogen-bond donors (Lipinski definition) is 1. The third kappa shape index (κ3) is 9.99. The van der Waals surface area contributed by atoms with Crippen molar-refractivity contribution in [1.29, 1.82) is 0 Å². The van der Waals surface area contributed by atoms with E-state index in [0.29, 0.717) is 83.5 Å². The average Bonchev–Trinajstić information content (AvgIpc) is 3.22. The summed E-state index contributed by atoms with van der Waals surface area (Å²) in [4.78, 5) is 15.8. The summed E-state index contributed by atoms with van der Waals surface area (Å²) >= 11 is 6.29. The largest absolute Gasteiger partial charge is 0.475 e. The number of carbonyl (C=O) groups is 1. The molecule has 0 atom stereocenters. The van der Waals surface area contributed by atoms with Gasteiger partial charge in [0.15, 0.2) is 0 Å². The van der Waals surface area contributed by atoms with Crippen LogP contribution in [0, 0.1) is 0 Å². The summed E-state index contributed by atoms with van der Waals surface area (Å²) in [5.41, 5.74) is 0.243. The zero-order valence-corrected chi connectivity index (χ0v) is 23.3. The van der Waals surface area contributed by atoms with Crippen molar-refractivity contribution in [2.45, 2.75) is 38.2 Å². The molecule has 1 fully saturated rings. The Kier molecular flexibility index (Phi) is 11.5. The van der Waals surface area contributed by atoms with Gasteiger partial charge in [0.25, 0.3) is 0 Å². The quantitative estimate of drug-likeness (QED) is 0.243. The number of carbonyl (C=O) groups excluding carboxylic acids is 1. The second-order valence-electron chi connectivity index (χ2n) is 9.94. The van der Waals surface area contributed by atoms with E-state index >= 15 is 0 Å². The van der Waals surface area contributed by atoms with E-state index in [1.807, 2.05) is 44.5 Å². The van der Waals surface area contributed by atoms with Gasteiger partial charge >= 0.3 is 6.09 Å². The molecule has 2 aromatic heterocycles. The predicted molar refractivity (Wildman–Crippen MR) is 139 cm³/mol. The molecule has 2 aromatic rings. The number of halogens is 1. The van der Waals surface area contributed by atoms with E-state index in [4.69, 9.17) is 40.0 Å². The molecular formula is C25H38ClN5O7. The monoisotopic (exact) mass is 555 g/mol. The Hall–Kier alpha value is -2.51. The molecular weight excluding hydrogens is 518 g/mol. The number of aryl methyl sites for hydroxylation is 1. The molecule has 3 heterocycles. The molecule has 3 rings (SSSR count). The first kappa shape index (κ1) is 30.0. The summed E-state index contributed by atoms with van der Waals surface area (Å²) in [5.74, 6) is 1.32. The van der Waals surface area contributed by atoms with Crippen LogP contribution in [0.15, 0.2) is 18.5 Å². The summed E-state index contributed by atoms with van der Waals surface area (Å²) in [7, 11) is 1.92. The standard InChI is InChI=1S/C25H38ClN5O7/c1-24(2,3)38-23(32)27-5-6-33-7-8-34-9-10-35-11-12-37-22-14-19(13-20(26)29-22)25(16-36-17-25)15-21-30-28-18-31(21)4/h13-14,18H,5-12,15-17H2,1-4H3,(H,27,32). The highest BCUT2D eigenvalue weighted by atomic mass is 35.5. The Bertz CT molecular complexity index is 1010. The number of nitrogens with zero attached hydrogens (tertiary/aromatic N) is 4. The predicted octanol–water partition coefficient (Wildman–Crippen LogP) is 2.33. The fourth-order valence-corrected chi connectivity index (χ4v) is 3.83. The molecule has 1 N–H and O–H groups in total. The highest BCUT2D eigenvalue weighted by Gasteiger charge is 2.42. The molecule has 0 spiro atoms. The summed E-state index contributed by atoms with van der Waals surface area (Å²) in [6, 6.07) is 3.75. The summed E-state index contributed by atoms with van der Waals surface area (Å²) in [6.07, 6.45) is 1.91. The maximum absolute atomic E-state index is 11.5. The van der Waals surface area contributed by atoms with Crippen molar-refractivity contribution < 1.29 is 33.2 Å². The molecule has 1 aliphatic heterocycles. The van der Waals surface area contributed by atoms with Crippen molar-refractivity contribution in [3.8, 4) is 5.88 Å². The number of amides is 1. The number of hydrogen-bond acceptors (Lipinski definition) is 10. The normalized spacial score (nSPS) is 14.7. The number of aromatic nitrogens is 4. The van der Waals surface area contributed by atoms with E-state index in [-0.39, 0.29) is 5.41 Å². The fourth-order valence-electron chi connectivity index (χ4n) is 3.63. The molecule has 212 valence electrons. The third-order valence-corrected chi connectivity index (χ3v) is 5.77. The van der Waals surface area contributed by atoms with Gasteiger partial charge in [-0.25, -0.2) is 9.78 Å². The molecule has 1 amide bonds. The zero-order valence-electron chi connectivity index (χ0n) is 22.5. The van der Waals surface area contributed by atoms with Crippen molar-refractivity contribution in [1.82, 2.24) is 25.1 Å². The Morgan fingerprint density at radius 3 is 2.32 bits per heavy atom. The summed E-state index contributed by atoms with van der Waals surface area (Å²) in [6.45, 7) is 9.75. The van der Waals surface area contributed by atoms with Crippen molar-refractivity contribution >= 4 is 17.7 Å². The number of pyridine rings is 1. The van der Waals surface area contributed by atoms with E-state index < -0.39 is 11.7 Å². The van der Waals surface area contributed by atoms with Gasteiger partial charge in [0.05, 0.1) is 52.9 Å². The van der Waals surface area contributed by atoms with Crippen LogP contribution in [0.4, 0.5) is 4.79 Å². The van der Waals surface area contributed by atoms with Crippen LogP contribution in [-0.4, -0.2) is 97.4 Å². The van der Waals surface area contributed by atoms with Gasteiger partial charge < -0.3 is 38.3 Å². The molecule has 1 aliphatic rings. The van der Waals surface area contributed by atoms with Gasteiger partial charge in [-0.05, 0) is 32.4 Å². The minimum absolute atomic E-state index is 0.238. The third-order valence-electron chi connectivity index (χ3n) is 5.58. The van der Waals surface area contributed by atoms with Gasteiger partial charge in [0.2, 0.25) is 5.88 Å². The van der Waals surface area contributed by atoms with Crippen LogP contribution in [0.1, 0.15) is 32.2 Å². The topological polar surface area (TPSA) is 128 Å². The first-order chi connectivity index (χ1) is 18.2. The van der Waals surface area contributed by atoms with Gasteiger partial charge in [-0.3, -0.25) is 0 Å². The van der Waals surface area contributed by atoms with E-state index in [2.05, 4.69) is 20.5 Å². The van der Waals surface area contributed by atoms with E-state index in [1.165, 1.54) is 0 Å². The molecule has 0 radical (unpaired) electrons. The van der Waals surface area contributed by atoms with E-state index in [1.54, 1.807) is 6.33 Å². The smallest absolute Gasteiger partial charge is 0.407 e. The lowest BCUT2D eigenvalue weighted by molar-refractivity contribution is -0.0612. The summed E-state index contributed by atoms with van der Waals surface area (Å²) in [5, 5.41) is 11.2. The van der Waals surface area contributed by atoms with Gasteiger partial charge in [0, 0.05) is 31.5 Å². The van der Waals surface area contributed by atoms with Crippen molar-refractivity contribution in [3.63, 3.8) is 0 Å². The zero-order chi connectivity index (χ0) is 27.4. The first-order valence-corrected chi connectivity index (χ1v) is 13.0. The summed E-state index contributed by atoms with van der Waals surface area (Å²) < 4.78 is 34.8. The number of rotatable bonds is 16. The van der Waals surface area contributed by atoms with Crippen LogP contribution in [0.5, 0.6) is 5.88 Å². The van der Waals surface area contributed by atoms with Crippen LogP contribution in [0.3, 0.4) is 0 Å². The molecule has 0 aromatic carbocycles. The highest BCUT2D eigenvalue weighted by Crippen LogP contribution is 2.37. The molecule has 12 nitrogen and oxygen atoms in total. The van der Waals surface area contributed by atoms with E-state index in [9.17, 15) is 4.79 Å². The number of alkyl carbamates (subject to hydrolysis) is 1. The number of nitrogens with one attached hydrogen (secondary N) is 1. The maximum atomic E-state index is 11.5. The van der Waals surface area contributed by atoms with Crippen molar-refractivity contribution in [2.75, 3.05) is 66.0 Å². The van der Waals surface area contributed by atoms with Gasteiger partial charge in [0.1, 0.15) is 29.5 Å². The van der Waals surface area contributed by atoms with Crippen LogP contribution >= 0.6 is 11.6 Å². The Labute approximate surface area is 228 Å². The molecule has 0 unspecified atom stereocenters. The van der Waals surface area contributed by atoms with Crippen LogP contribution < -0.4 is 10.1 Å². The van der Waals surface area contributed by atoms with Gasteiger partial charge in [-0.2, -0.15) is 0 Å². The SMILES string of the molecule is Cn1cnnc1CC1(c2cc(Cl)nc(OCCOCCOCCOCCNC(=O)OC(C)(C)C)c2)COC1. The van der Waals surface area contributed by atoms with Crippen LogP contribution in [-0.2, 0) is 42.6 Å². The molecule has 0 bridgehead atoms. The fraction of sp³-hybridized carbons (Fsp3) is 0.680. The molecule has 38 heavy (non-hydrogen) atoms.